The first-order valence-corrected chi connectivity index (χ1v) is 5.97. The Morgan fingerprint density at radius 1 is 1.37 bits per heavy atom. The van der Waals surface area contributed by atoms with E-state index in [-0.39, 0.29) is 6.10 Å². The molecule has 1 aliphatic heterocycles. The quantitative estimate of drug-likeness (QED) is 0.715. The summed E-state index contributed by atoms with van der Waals surface area (Å²) in [6, 6.07) is -0.533. The molecule has 0 saturated carbocycles. The van der Waals surface area contributed by atoms with Crippen LogP contribution in [0.1, 0.15) is 13.3 Å². The topological polar surface area (TPSA) is 95.9 Å². The molecule has 0 bridgehead atoms. The Bertz CT molecular complexity index is 394. The summed E-state index contributed by atoms with van der Waals surface area (Å²) >= 11 is 0. The third-order valence-electron chi connectivity index (χ3n) is 3.09. The third-order valence-corrected chi connectivity index (χ3v) is 3.09. The van der Waals surface area contributed by atoms with E-state index in [2.05, 4.69) is 5.32 Å². The van der Waals surface area contributed by atoms with Crippen LogP contribution in [-0.4, -0.2) is 54.2 Å². The van der Waals surface area contributed by atoms with E-state index in [9.17, 15) is 14.4 Å². The fourth-order valence-electron chi connectivity index (χ4n) is 1.90. The summed E-state index contributed by atoms with van der Waals surface area (Å²) in [5.41, 5.74) is 0. The third kappa shape index (κ3) is 4.70. The van der Waals surface area contributed by atoms with Gasteiger partial charge in [-0.2, -0.15) is 0 Å². The van der Waals surface area contributed by atoms with Crippen molar-refractivity contribution in [1.29, 1.82) is 0 Å². The molecule has 0 radical (unpaired) electrons. The molecule has 2 atom stereocenters. The van der Waals surface area contributed by atoms with Crippen LogP contribution in [0.2, 0.25) is 0 Å². The predicted octanol–water partition coefficient (Wildman–Crippen LogP) is 0.220. The second-order valence-electron chi connectivity index (χ2n) is 4.45. The molecule has 3 amide bonds. The normalized spacial score (nSPS) is 23.4. The summed E-state index contributed by atoms with van der Waals surface area (Å²) < 4.78 is 5.27. The van der Waals surface area contributed by atoms with Gasteiger partial charge in [0, 0.05) is 32.4 Å². The Hall–Kier alpha value is -1.89. The number of carbonyl (C=O) groups excluding carboxylic acids is 2. The molecule has 1 heterocycles. The van der Waals surface area contributed by atoms with Gasteiger partial charge in [-0.05, 0) is 12.3 Å². The van der Waals surface area contributed by atoms with Crippen molar-refractivity contribution in [2.45, 2.75) is 19.4 Å². The fourth-order valence-corrected chi connectivity index (χ4v) is 1.90. The molecular formula is C12H18N2O5. The number of urea groups is 1. The minimum absolute atomic E-state index is 0.0517. The minimum Gasteiger partial charge on any atom is -0.478 e. The van der Waals surface area contributed by atoms with Gasteiger partial charge in [-0.15, -0.1) is 0 Å². The monoisotopic (exact) mass is 270 g/mol. The molecule has 1 aliphatic rings. The van der Waals surface area contributed by atoms with Crippen LogP contribution in [0.15, 0.2) is 12.2 Å². The fraction of sp³-hybridized carbons (Fsp3) is 0.583. The number of hydrogen-bond acceptors (Lipinski definition) is 4. The van der Waals surface area contributed by atoms with Gasteiger partial charge in [0.1, 0.15) is 0 Å². The minimum atomic E-state index is -1.24. The number of methoxy groups -OCH3 is 1. The van der Waals surface area contributed by atoms with Crippen molar-refractivity contribution < 1.29 is 24.2 Å². The van der Waals surface area contributed by atoms with Crippen molar-refractivity contribution in [3.8, 4) is 0 Å². The second kappa shape index (κ2) is 6.89. The Kier molecular flexibility index (Phi) is 5.50. The van der Waals surface area contributed by atoms with Crippen LogP contribution in [0, 0.1) is 5.92 Å². The lowest BCUT2D eigenvalue weighted by Gasteiger charge is -2.35. The summed E-state index contributed by atoms with van der Waals surface area (Å²) in [5.74, 6) is -1.63. The van der Waals surface area contributed by atoms with Crippen LogP contribution in [0.3, 0.4) is 0 Å². The average Bonchev–Trinajstić information content (AvgIpc) is 2.36. The van der Waals surface area contributed by atoms with Gasteiger partial charge < -0.3 is 14.7 Å². The molecule has 7 heteroatoms. The zero-order chi connectivity index (χ0) is 14.4. The van der Waals surface area contributed by atoms with E-state index in [1.807, 2.05) is 6.92 Å². The van der Waals surface area contributed by atoms with Crippen molar-refractivity contribution in [3.63, 3.8) is 0 Å². The summed E-state index contributed by atoms with van der Waals surface area (Å²) in [6.45, 7) is 3.01. The number of nitrogens with zero attached hydrogens (tertiary/aromatic N) is 1. The lowest BCUT2D eigenvalue weighted by Crippen LogP contribution is -2.51. The number of nitrogens with one attached hydrogen (secondary N) is 1. The van der Waals surface area contributed by atoms with Crippen molar-refractivity contribution in [3.05, 3.63) is 12.2 Å². The number of hydrogen-bond donors (Lipinski definition) is 2. The molecule has 0 aromatic rings. The highest BCUT2D eigenvalue weighted by Crippen LogP contribution is 2.19. The van der Waals surface area contributed by atoms with E-state index >= 15 is 0 Å². The van der Waals surface area contributed by atoms with Crippen LogP contribution in [0.5, 0.6) is 0 Å². The van der Waals surface area contributed by atoms with Crippen LogP contribution in [-0.2, 0) is 14.3 Å². The van der Waals surface area contributed by atoms with Crippen LogP contribution in [0.4, 0.5) is 4.79 Å². The van der Waals surface area contributed by atoms with Crippen LogP contribution < -0.4 is 5.32 Å². The van der Waals surface area contributed by atoms with Crippen LogP contribution in [0.25, 0.3) is 0 Å². The van der Waals surface area contributed by atoms with Crippen molar-refractivity contribution in [2.75, 3.05) is 20.2 Å². The first-order valence-electron chi connectivity index (χ1n) is 5.97. The number of carbonyl (C=O) groups is 3. The van der Waals surface area contributed by atoms with Gasteiger partial charge in [-0.1, -0.05) is 6.92 Å². The molecular weight excluding hydrogens is 252 g/mol. The van der Waals surface area contributed by atoms with Gasteiger partial charge in [0.15, 0.2) is 0 Å². The molecule has 1 fully saturated rings. The van der Waals surface area contributed by atoms with Crippen molar-refractivity contribution in [1.82, 2.24) is 10.2 Å². The maximum absolute atomic E-state index is 11.8. The van der Waals surface area contributed by atoms with E-state index in [0.29, 0.717) is 25.1 Å². The number of carboxylic acid groups (broad SMARTS) is 1. The Morgan fingerprint density at radius 2 is 2.05 bits per heavy atom. The number of aliphatic carboxylic acids is 1. The molecule has 1 rings (SSSR count). The summed E-state index contributed by atoms with van der Waals surface area (Å²) in [6.07, 6.45) is 2.23. The van der Waals surface area contributed by atoms with E-state index in [1.54, 1.807) is 7.11 Å². The van der Waals surface area contributed by atoms with E-state index < -0.39 is 17.9 Å². The highest BCUT2D eigenvalue weighted by molar-refractivity contribution is 6.02. The number of likely N-dealkylation sites (tertiary alicyclic amines) is 1. The second-order valence-corrected chi connectivity index (χ2v) is 4.45. The molecule has 0 spiro atoms. The number of rotatable bonds is 3. The SMILES string of the molecule is COC1CN(C(=O)NC(=O)/C=C/C(=O)O)CCC1C. The van der Waals surface area contributed by atoms with Gasteiger partial charge in [-0.3, -0.25) is 10.1 Å². The molecule has 1 saturated heterocycles. The molecule has 0 aromatic carbocycles. The van der Waals surface area contributed by atoms with Gasteiger partial charge in [-0.25, -0.2) is 9.59 Å². The zero-order valence-corrected chi connectivity index (χ0v) is 11.0. The number of carboxylic acids is 1. The molecule has 2 N–H and O–H groups in total. The van der Waals surface area contributed by atoms with Gasteiger partial charge >= 0.3 is 12.0 Å². The summed E-state index contributed by atoms with van der Waals surface area (Å²) in [4.78, 5) is 34.8. The largest absolute Gasteiger partial charge is 0.478 e. The smallest absolute Gasteiger partial charge is 0.328 e. The predicted molar refractivity (Wildman–Crippen MR) is 66.5 cm³/mol. The summed E-state index contributed by atoms with van der Waals surface area (Å²) in [5, 5.41) is 10.5. The molecule has 0 aliphatic carbocycles. The first kappa shape index (κ1) is 15.2. The Morgan fingerprint density at radius 3 is 2.63 bits per heavy atom. The molecule has 0 aromatic heterocycles. The lowest BCUT2D eigenvalue weighted by molar-refractivity contribution is -0.131. The highest BCUT2D eigenvalue weighted by Gasteiger charge is 2.29. The van der Waals surface area contributed by atoms with Crippen molar-refractivity contribution in [2.24, 2.45) is 5.92 Å². The average molecular weight is 270 g/mol. The first-order chi connectivity index (χ1) is 8.93. The lowest BCUT2D eigenvalue weighted by atomic mass is 9.96. The van der Waals surface area contributed by atoms with E-state index in [1.165, 1.54) is 4.90 Å². The highest BCUT2D eigenvalue weighted by atomic mass is 16.5. The van der Waals surface area contributed by atoms with Crippen molar-refractivity contribution >= 4 is 17.9 Å². The van der Waals surface area contributed by atoms with Crippen LogP contribution >= 0.6 is 0 Å². The van der Waals surface area contributed by atoms with Gasteiger partial charge in [0.25, 0.3) is 5.91 Å². The molecule has 106 valence electrons. The maximum atomic E-state index is 11.8. The maximum Gasteiger partial charge on any atom is 0.328 e. The number of imide groups is 1. The number of amides is 3. The molecule has 19 heavy (non-hydrogen) atoms. The molecule has 2 unspecified atom stereocenters. The van der Waals surface area contributed by atoms with Gasteiger partial charge in [0.2, 0.25) is 0 Å². The summed E-state index contributed by atoms with van der Waals surface area (Å²) in [7, 11) is 1.59. The Labute approximate surface area is 111 Å². The van der Waals surface area contributed by atoms with E-state index in [0.717, 1.165) is 12.5 Å². The number of piperidine rings is 1. The number of ether oxygens (including phenoxy) is 1. The van der Waals surface area contributed by atoms with E-state index in [4.69, 9.17) is 9.84 Å². The standard InChI is InChI=1S/C12H18N2O5/c1-8-5-6-14(7-9(8)19-2)12(18)13-10(15)3-4-11(16)17/h3-4,8-9H,5-7H2,1-2H3,(H,16,17)(H,13,15,18)/b4-3+. The molecule has 7 nitrogen and oxygen atoms in total. The zero-order valence-electron chi connectivity index (χ0n) is 11.0. The Balaban J connectivity index is 2.50. The van der Waals surface area contributed by atoms with Gasteiger partial charge in [0.05, 0.1) is 6.10 Å².